The van der Waals surface area contributed by atoms with Gasteiger partial charge in [-0.15, -0.1) is 0 Å². The molecule has 0 aliphatic heterocycles. The summed E-state index contributed by atoms with van der Waals surface area (Å²) in [7, 11) is 1.53. The van der Waals surface area contributed by atoms with Crippen LogP contribution >= 0.6 is 0 Å². The first kappa shape index (κ1) is 21.9. The Bertz CT molecular complexity index is 883. The van der Waals surface area contributed by atoms with Crippen molar-refractivity contribution in [2.45, 2.75) is 39.4 Å². The fourth-order valence-corrected chi connectivity index (χ4v) is 2.42. The maximum absolute atomic E-state index is 12.5. The SMILES string of the molecule is COc1ccc(C(=O)[C@@H](C)OC(=O)c2cccc(NC(=O)OC(C)(C)C)c2)cc1. The van der Waals surface area contributed by atoms with Crippen LogP contribution in [-0.2, 0) is 9.47 Å². The normalized spacial score (nSPS) is 11.9. The molecule has 0 unspecified atom stereocenters. The number of hydrogen-bond acceptors (Lipinski definition) is 6. The Morgan fingerprint density at radius 2 is 1.62 bits per heavy atom. The first-order valence-corrected chi connectivity index (χ1v) is 9.08. The highest BCUT2D eigenvalue weighted by molar-refractivity contribution is 6.01. The molecule has 1 atom stereocenters. The number of methoxy groups -OCH3 is 1. The lowest BCUT2D eigenvalue weighted by atomic mass is 10.1. The van der Waals surface area contributed by atoms with E-state index in [1.165, 1.54) is 26.2 Å². The van der Waals surface area contributed by atoms with Gasteiger partial charge in [0.15, 0.2) is 6.10 Å². The molecule has 0 saturated heterocycles. The van der Waals surface area contributed by atoms with Gasteiger partial charge in [0.25, 0.3) is 0 Å². The lowest BCUT2D eigenvalue weighted by Crippen LogP contribution is -2.27. The number of carbonyl (C=O) groups excluding carboxylic acids is 3. The first-order valence-electron chi connectivity index (χ1n) is 9.08. The zero-order valence-corrected chi connectivity index (χ0v) is 17.1. The quantitative estimate of drug-likeness (QED) is 0.569. The number of ketones is 1. The van der Waals surface area contributed by atoms with Crippen LogP contribution in [0.3, 0.4) is 0 Å². The number of Topliss-reactive ketones (excluding diaryl/α,β-unsaturated/α-hetero) is 1. The Kier molecular flexibility index (Phi) is 6.98. The van der Waals surface area contributed by atoms with Crippen LogP contribution in [0.4, 0.5) is 10.5 Å². The second-order valence-corrected chi connectivity index (χ2v) is 7.35. The highest BCUT2D eigenvalue weighted by Crippen LogP contribution is 2.17. The first-order chi connectivity index (χ1) is 13.6. The predicted molar refractivity (Wildman–Crippen MR) is 109 cm³/mol. The molecular formula is C22H25NO6. The zero-order valence-electron chi connectivity index (χ0n) is 17.1. The third kappa shape index (κ3) is 6.64. The molecule has 0 bridgehead atoms. The summed E-state index contributed by atoms with van der Waals surface area (Å²) in [5.74, 6) is -0.378. The number of esters is 1. The molecule has 2 rings (SSSR count). The highest BCUT2D eigenvalue weighted by Gasteiger charge is 2.21. The molecule has 2 aromatic carbocycles. The van der Waals surface area contributed by atoms with E-state index in [-0.39, 0.29) is 11.3 Å². The van der Waals surface area contributed by atoms with Crippen molar-refractivity contribution in [3.63, 3.8) is 0 Å². The summed E-state index contributed by atoms with van der Waals surface area (Å²) < 4.78 is 15.5. The minimum Gasteiger partial charge on any atom is -0.497 e. The molecule has 2 aromatic rings. The van der Waals surface area contributed by atoms with Crippen LogP contribution in [0.1, 0.15) is 48.4 Å². The summed E-state index contributed by atoms with van der Waals surface area (Å²) in [6, 6.07) is 12.7. The molecule has 0 aliphatic rings. The number of carbonyl (C=O) groups is 3. The van der Waals surface area contributed by atoms with E-state index in [1.54, 1.807) is 57.2 Å². The van der Waals surface area contributed by atoms with Gasteiger partial charge < -0.3 is 14.2 Å². The van der Waals surface area contributed by atoms with Gasteiger partial charge >= 0.3 is 12.1 Å². The second kappa shape index (κ2) is 9.23. The predicted octanol–water partition coefficient (Wildman–Crippen LogP) is 4.47. The summed E-state index contributed by atoms with van der Waals surface area (Å²) in [6.45, 7) is 6.76. The second-order valence-electron chi connectivity index (χ2n) is 7.35. The van der Waals surface area contributed by atoms with Crippen LogP contribution in [0.15, 0.2) is 48.5 Å². The molecule has 7 nitrogen and oxygen atoms in total. The molecule has 0 aliphatic carbocycles. The van der Waals surface area contributed by atoms with Crippen LogP contribution < -0.4 is 10.1 Å². The van der Waals surface area contributed by atoms with Gasteiger partial charge in [-0.3, -0.25) is 10.1 Å². The fourth-order valence-electron chi connectivity index (χ4n) is 2.42. The average molecular weight is 399 g/mol. The van der Waals surface area contributed by atoms with Crippen molar-refractivity contribution < 1.29 is 28.6 Å². The van der Waals surface area contributed by atoms with Crippen LogP contribution in [0.25, 0.3) is 0 Å². The Morgan fingerprint density at radius 1 is 0.966 bits per heavy atom. The summed E-state index contributed by atoms with van der Waals surface area (Å²) in [5, 5.41) is 2.56. The third-order valence-electron chi connectivity index (χ3n) is 3.77. The number of hydrogen-bond donors (Lipinski definition) is 1. The van der Waals surface area contributed by atoms with Crippen molar-refractivity contribution in [1.82, 2.24) is 0 Å². The van der Waals surface area contributed by atoms with E-state index in [0.29, 0.717) is 17.0 Å². The minimum atomic E-state index is -0.974. The van der Waals surface area contributed by atoms with Crippen molar-refractivity contribution in [3.05, 3.63) is 59.7 Å². The van der Waals surface area contributed by atoms with Crippen molar-refractivity contribution >= 4 is 23.5 Å². The van der Waals surface area contributed by atoms with Gasteiger partial charge in [-0.25, -0.2) is 9.59 Å². The van der Waals surface area contributed by atoms with Gasteiger partial charge in [-0.2, -0.15) is 0 Å². The van der Waals surface area contributed by atoms with Crippen LogP contribution in [0, 0.1) is 0 Å². The maximum Gasteiger partial charge on any atom is 0.412 e. The highest BCUT2D eigenvalue weighted by atomic mass is 16.6. The summed E-state index contributed by atoms with van der Waals surface area (Å²) in [6.07, 6.45) is -1.61. The zero-order chi connectivity index (χ0) is 21.6. The number of amides is 1. The number of anilines is 1. The van der Waals surface area contributed by atoms with E-state index in [2.05, 4.69) is 5.32 Å². The van der Waals surface area contributed by atoms with E-state index in [9.17, 15) is 14.4 Å². The number of rotatable bonds is 6. The molecule has 0 heterocycles. The van der Waals surface area contributed by atoms with E-state index < -0.39 is 23.8 Å². The molecule has 0 saturated carbocycles. The third-order valence-corrected chi connectivity index (χ3v) is 3.77. The number of benzene rings is 2. The van der Waals surface area contributed by atoms with Gasteiger partial charge in [-0.05, 0) is 70.2 Å². The molecule has 7 heteroatoms. The lowest BCUT2D eigenvalue weighted by molar-refractivity contribution is 0.0318. The molecule has 154 valence electrons. The Balaban J connectivity index is 2.02. The van der Waals surface area contributed by atoms with Crippen molar-refractivity contribution in [3.8, 4) is 5.75 Å². The van der Waals surface area contributed by atoms with E-state index in [0.717, 1.165) is 0 Å². The van der Waals surface area contributed by atoms with Gasteiger partial charge in [0.1, 0.15) is 11.4 Å². The maximum atomic E-state index is 12.5. The Hall–Kier alpha value is -3.35. The monoisotopic (exact) mass is 399 g/mol. The Labute approximate surface area is 170 Å². The summed E-state index contributed by atoms with van der Waals surface area (Å²) in [5.41, 5.74) is 0.347. The van der Waals surface area contributed by atoms with Gasteiger partial charge in [0, 0.05) is 11.3 Å². The molecule has 0 fully saturated rings. The number of nitrogens with one attached hydrogen (secondary N) is 1. The van der Waals surface area contributed by atoms with Gasteiger partial charge in [0.05, 0.1) is 12.7 Å². The van der Waals surface area contributed by atoms with E-state index in [1.807, 2.05) is 0 Å². The topological polar surface area (TPSA) is 90.9 Å². The number of ether oxygens (including phenoxy) is 3. The van der Waals surface area contributed by atoms with Crippen LogP contribution in [0.2, 0.25) is 0 Å². The molecule has 1 amide bonds. The molecule has 0 aromatic heterocycles. The van der Waals surface area contributed by atoms with Crippen molar-refractivity contribution in [1.29, 1.82) is 0 Å². The molecule has 0 spiro atoms. The molecule has 29 heavy (non-hydrogen) atoms. The molecular weight excluding hydrogens is 374 g/mol. The van der Waals surface area contributed by atoms with Gasteiger partial charge in [-0.1, -0.05) is 6.07 Å². The largest absolute Gasteiger partial charge is 0.497 e. The van der Waals surface area contributed by atoms with Crippen LogP contribution in [-0.4, -0.2) is 36.7 Å². The smallest absolute Gasteiger partial charge is 0.412 e. The van der Waals surface area contributed by atoms with Crippen molar-refractivity contribution in [2.75, 3.05) is 12.4 Å². The van der Waals surface area contributed by atoms with Gasteiger partial charge in [0.2, 0.25) is 5.78 Å². The molecule has 1 N–H and O–H groups in total. The summed E-state index contributed by atoms with van der Waals surface area (Å²) >= 11 is 0. The Morgan fingerprint density at radius 3 is 2.21 bits per heavy atom. The van der Waals surface area contributed by atoms with E-state index in [4.69, 9.17) is 14.2 Å². The summed E-state index contributed by atoms with van der Waals surface area (Å²) in [4.78, 5) is 36.8. The lowest BCUT2D eigenvalue weighted by Gasteiger charge is -2.19. The molecule has 0 radical (unpaired) electrons. The van der Waals surface area contributed by atoms with E-state index >= 15 is 0 Å². The fraction of sp³-hybridized carbons (Fsp3) is 0.318. The standard InChI is InChI=1S/C22H25NO6/c1-14(19(24)15-9-11-18(27-5)12-10-15)28-20(25)16-7-6-8-17(13-16)23-21(26)29-22(2,3)4/h6-14H,1-5H3,(H,23,26)/t14-/m1/s1. The average Bonchev–Trinajstić information content (AvgIpc) is 2.66. The minimum absolute atomic E-state index is 0.202. The van der Waals surface area contributed by atoms with Crippen LogP contribution in [0.5, 0.6) is 5.75 Å². The van der Waals surface area contributed by atoms with Crippen molar-refractivity contribution in [2.24, 2.45) is 0 Å².